The molecule has 246 valence electrons. The van der Waals surface area contributed by atoms with Crippen molar-refractivity contribution in [3.05, 3.63) is 119 Å². The van der Waals surface area contributed by atoms with Crippen molar-refractivity contribution in [3.63, 3.8) is 0 Å². The Balaban J connectivity index is 0.842. The Labute approximate surface area is 278 Å². The van der Waals surface area contributed by atoms with E-state index in [-0.39, 0.29) is 24.1 Å². The van der Waals surface area contributed by atoms with Gasteiger partial charge in [0.15, 0.2) is 0 Å². The number of ether oxygens (including phenoxy) is 6. The van der Waals surface area contributed by atoms with Gasteiger partial charge in [-0.05, 0) is 96.8 Å². The number of nitrogens with zero attached hydrogens (tertiary/aromatic N) is 2. The van der Waals surface area contributed by atoms with Crippen LogP contribution in [0, 0.1) is 0 Å². The average Bonchev–Trinajstić information content (AvgIpc) is 4.07. The summed E-state index contributed by atoms with van der Waals surface area (Å²) in [7, 11) is 0. The third-order valence-corrected chi connectivity index (χ3v) is 7.37. The van der Waals surface area contributed by atoms with Gasteiger partial charge >= 0.3 is 11.9 Å². The maximum absolute atomic E-state index is 12.0. The number of hydrogen-bond acceptors (Lipinski definition) is 10. The quantitative estimate of drug-likeness (QED) is 0.0548. The van der Waals surface area contributed by atoms with Gasteiger partial charge in [0.25, 0.3) is 0 Å². The van der Waals surface area contributed by atoms with Gasteiger partial charge in [-0.25, -0.2) is 9.59 Å². The zero-order chi connectivity index (χ0) is 33.0. The Morgan fingerprint density at radius 3 is 1.31 bits per heavy atom. The van der Waals surface area contributed by atoms with Crippen molar-refractivity contribution in [1.82, 2.24) is 0 Å². The van der Waals surface area contributed by atoms with Crippen molar-refractivity contribution in [2.45, 2.75) is 25.0 Å². The molecule has 0 radical (unpaired) electrons. The second kappa shape index (κ2) is 16.5. The molecular weight excluding hydrogens is 612 g/mol. The van der Waals surface area contributed by atoms with E-state index in [0.29, 0.717) is 50.8 Å². The van der Waals surface area contributed by atoms with Crippen LogP contribution >= 0.6 is 0 Å². The van der Waals surface area contributed by atoms with E-state index in [2.05, 4.69) is 9.98 Å². The summed E-state index contributed by atoms with van der Waals surface area (Å²) in [5, 5.41) is 0. The number of carbonyl (C=O) groups excluding carboxylic acids is 2. The first-order valence-electron chi connectivity index (χ1n) is 15.9. The molecule has 48 heavy (non-hydrogen) atoms. The van der Waals surface area contributed by atoms with Crippen LogP contribution in [0.15, 0.2) is 107 Å². The summed E-state index contributed by atoms with van der Waals surface area (Å²) in [4.78, 5) is 33.1. The fraction of sp³-hybridized carbons (Fsp3) is 0.263. The maximum Gasteiger partial charge on any atom is 0.338 e. The number of hydrogen-bond donors (Lipinski definition) is 0. The summed E-state index contributed by atoms with van der Waals surface area (Å²) in [6, 6.07) is 29.4. The first kappa shape index (κ1) is 32.6. The zero-order valence-electron chi connectivity index (χ0n) is 26.4. The normalized spacial score (nSPS) is 16.5. The van der Waals surface area contributed by atoms with E-state index in [1.807, 2.05) is 72.8 Å². The third kappa shape index (κ3) is 10.6. The van der Waals surface area contributed by atoms with E-state index in [1.54, 1.807) is 36.7 Å². The summed E-state index contributed by atoms with van der Waals surface area (Å²) >= 11 is 0. The lowest BCUT2D eigenvalue weighted by Gasteiger charge is -2.08. The van der Waals surface area contributed by atoms with Crippen molar-refractivity contribution in [3.8, 4) is 11.5 Å². The van der Waals surface area contributed by atoms with Crippen LogP contribution < -0.4 is 9.47 Å². The molecule has 6 rings (SSSR count). The van der Waals surface area contributed by atoms with Gasteiger partial charge in [0, 0.05) is 12.4 Å². The summed E-state index contributed by atoms with van der Waals surface area (Å²) in [5.74, 6) is 0.854. The predicted molar refractivity (Wildman–Crippen MR) is 181 cm³/mol. The molecule has 0 aromatic heterocycles. The standard InChI is InChI=1S/C38H36N2O8/c41-37(47-25-35-23-45-35)29-7-3-27(4-8-29)21-39-31-11-15-33(16-12-31)43-19-1-2-20-44-34-17-13-32(14-18-34)40-22-28-5-9-30(10-6-28)38(42)48-26-36-24-46-36/h3-18,21-22,35-36H,1-2,19-20,23-26H2. The Bertz CT molecular complexity index is 1570. The topological polar surface area (TPSA) is 121 Å². The van der Waals surface area contributed by atoms with Gasteiger partial charge in [0.05, 0.1) is 48.9 Å². The van der Waals surface area contributed by atoms with Crippen molar-refractivity contribution in [1.29, 1.82) is 0 Å². The lowest BCUT2D eigenvalue weighted by molar-refractivity contribution is 0.0468. The molecule has 10 heteroatoms. The fourth-order valence-corrected chi connectivity index (χ4v) is 4.38. The molecule has 0 N–H and O–H groups in total. The van der Waals surface area contributed by atoms with Crippen molar-refractivity contribution >= 4 is 35.7 Å². The second-order valence-corrected chi connectivity index (χ2v) is 11.3. The summed E-state index contributed by atoms with van der Waals surface area (Å²) in [5.41, 5.74) is 4.35. The van der Waals surface area contributed by atoms with Gasteiger partial charge in [-0.1, -0.05) is 24.3 Å². The monoisotopic (exact) mass is 648 g/mol. The van der Waals surface area contributed by atoms with Gasteiger partial charge in [-0.2, -0.15) is 0 Å². The molecule has 10 nitrogen and oxygen atoms in total. The number of unbranched alkanes of at least 4 members (excludes halogenated alkanes) is 1. The van der Waals surface area contributed by atoms with Gasteiger partial charge in [-0.3, -0.25) is 9.98 Å². The summed E-state index contributed by atoms with van der Waals surface area (Å²) < 4.78 is 32.2. The van der Waals surface area contributed by atoms with Gasteiger partial charge in [-0.15, -0.1) is 0 Å². The average molecular weight is 649 g/mol. The van der Waals surface area contributed by atoms with Crippen molar-refractivity contribution in [2.24, 2.45) is 9.98 Å². The molecule has 2 saturated heterocycles. The molecule has 4 aromatic rings. The van der Waals surface area contributed by atoms with Crippen molar-refractivity contribution < 1.29 is 38.0 Å². The van der Waals surface area contributed by atoms with E-state index in [1.165, 1.54) is 0 Å². The van der Waals surface area contributed by atoms with Crippen molar-refractivity contribution in [2.75, 3.05) is 39.6 Å². The maximum atomic E-state index is 12.0. The van der Waals surface area contributed by atoms with Crippen LogP contribution in [-0.2, 0) is 18.9 Å². The molecular formula is C38H36N2O8. The predicted octanol–water partition coefficient (Wildman–Crippen LogP) is 6.54. The molecule has 0 saturated carbocycles. The number of benzene rings is 4. The molecule has 2 aliphatic rings. The van der Waals surface area contributed by atoms with Crippen LogP contribution in [0.5, 0.6) is 11.5 Å². The number of esters is 2. The lowest BCUT2D eigenvalue weighted by atomic mass is 10.1. The van der Waals surface area contributed by atoms with E-state index in [9.17, 15) is 9.59 Å². The van der Waals surface area contributed by atoms with E-state index < -0.39 is 0 Å². The highest BCUT2D eigenvalue weighted by Crippen LogP contribution is 2.21. The molecule has 0 aliphatic carbocycles. The largest absolute Gasteiger partial charge is 0.494 e. The van der Waals surface area contributed by atoms with Crippen LogP contribution in [0.4, 0.5) is 11.4 Å². The smallest absolute Gasteiger partial charge is 0.338 e. The second-order valence-electron chi connectivity index (χ2n) is 11.3. The van der Waals surface area contributed by atoms with E-state index >= 15 is 0 Å². The van der Waals surface area contributed by atoms with E-state index in [4.69, 9.17) is 28.4 Å². The molecule has 2 atom stereocenters. The van der Waals surface area contributed by atoms with Gasteiger partial charge < -0.3 is 28.4 Å². The highest BCUT2D eigenvalue weighted by atomic mass is 16.6. The van der Waals surface area contributed by atoms with E-state index in [0.717, 1.165) is 46.8 Å². The fourth-order valence-electron chi connectivity index (χ4n) is 4.38. The Morgan fingerprint density at radius 1 is 0.583 bits per heavy atom. The third-order valence-electron chi connectivity index (χ3n) is 7.37. The minimum Gasteiger partial charge on any atom is -0.494 e. The van der Waals surface area contributed by atoms with Gasteiger partial charge in [0.2, 0.25) is 0 Å². The first-order valence-corrected chi connectivity index (χ1v) is 15.9. The first-order chi connectivity index (χ1) is 23.6. The van der Waals surface area contributed by atoms with Crippen LogP contribution in [0.1, 0.15) is 44.7 Å². The zero-order valence-corrected chi connectivity index (χ0v) is 26.4. The number of carbonyl (C=O) groups is 2. The van der Waals surface area contributed by atoms with Crippen LogP contribution in [0.3, 0.4) is 0 Å². The lowest BCUT2D eigenvalue weighted by Crippen LogP contribution is -2.09. The SMILES string of the molecule is O=C(OCC1CO1)c1ccc(C=Nc2ccc(OCCCCOc3ccc(N=Cc4ccc(C(=O)OCC5CO5)cc4)cc3)cc2)cc1. The number of aliphatic imine (C=N–C) groups is 2. The minimum atomic E-state index is -0.354. The molecule has 0 bridgehead atoms. The Hall–Kier alpha value is -5.32. The summed E-state index contributed by atoms with van der Waals surface area (Å²) in [6.07, 6.45) is 5.30. The Morgan fingerprint density at radius 2 is 0.958 bits per heavy atom. The number of rotatable bonds is 17. The molecule has 0 amide bonds. The Kier molecular flexibility index (Phi) is 11.2. The van der Waals surface area contributed by atoms with Crippen LogP contribution in [0.2, 0.25) is 0 Å². The van der Waals surface area contributed by atoms with Gasteiger partial charge in [0.1, 0.15) is 36.9 Å². The molecule has 4 aromatic carbocycles. The summed E-state index contributed by atoms with van der Waals surface area (Å²) in [6.45, 7) is 3.06. The minimum absolute atomic E-state index is 0.0491. The highest BCUT2D eigenvalue weighted by Gasteiger charge is 2.25. The molecule has 2 unspecified atom stereocenters. The van der Waals surface area contributed by atoms with Crippen LogP contribution in [0.25, 0.3) is 0 Å². The molecule has 0 spiro atoms. The molecule has 2 aliphatic heterocycles. The van der Waals surface area contributed by atoms with Crippen LogP contribution in [-0.4, -0.2) is 76.2 Å². The molecule has 2 heterocycles. The number of epoxide rings is 2. The highest BCUT2D eigenvalue weighted by molar-refractivity contribution is 5.92. The molecule has 2 fully saturated rings.